The molecule has 0 bridgehead atoms. The van der Waals surface area contributed by atoms with Gasteiger partial charge in [0.15, 0.2) is 0 Å². The van der Waals surface area contributed by atoms with E-state index in [9.17, 15) is 26.3 Å². The van der Waals surface area contributed by atoms with E-state index in [0.717, 1.165) is 0 Å². The van der Waals surface area contributed by atoms with E-state index < -0.39 is 29.2 Å². The van der Waals surface area contributed by atoms with Crippen LogP contribution in [0.4, 0.5) is 32.0 Å². The third-order valence-electron chi connectivity index (χ3n) is 1.81. The highest BCUT2D eigenvalue weighted by Crippen LogP contribution is 2.38. The minimum atomic E-state index is -4.76. The Kier molecular flexibility index (Phi) is 4.84. The summed E-state index contributed by atoms with van der Waals surface area (Å²) >= 11 is 0. The number of alkyl halides is 6. The molecular formula is C8H7BrF6N2. The highest BCUT2D eigenvalue weighted by molar-refractivity contribution is 8.93. The zero-order valence-corrected chi connectivity index (χ0v) is 9.70. The van der Waals surface area contributed by atoms with Crippen molar-refractivity contribution in [3.8, 4) is 0 Å². The molecule has 9 heteroatoms. The number of rotatable bonds is 1. The van der Waals surface area contributed by atoms with E-state index in [1.807, 2.05) is 0 Å². The monoisotopic (exact) mass is 324 g/mol. The van der Waals surface area contributed by atoms with Crippen molar-refractivity contribution in [1.82, 2.24) is 0 Å². The van der Waals surface area contributed by atoms with Crippen LogP contribution in [-0.4, -0.2) is 0 Å². The number of nitrogens with two attached hydrogens (primary N) is 1. The van der Waals surface area contributed by atoms with Crippen molar-refractivity contribution in [3.05, 3.63) is 29.3 Å². The standard InChI is InChI=1S/C8H6F6N2.BrH/c9-7(10,11)4-1-2-5(8(12,13)14)6(3-4)16-15;/h1-3,16H,15H2;1H. The van der Waals surface area contributed by atoms with E-state index in [1.165, 1.54) is 0 Å². The zero-order valence-electron chi connectivity index (χ0n) is 7.99. The predicted octanol–water partition coefficient (Wildman–Crippen LogP) is 3.59. The molecule has 0 saturated carbocycles. The van der Waals surface area contributed by atoms with E-state index in [-0.39, 0.29) is 17.0 Å². The minimum absolute atomic E-state index is 0. The molecule has 1 aromatic carbocycles. The van der Waals surface area contributed by atoms with Crippen molar-refractivity contribution in [3.63, 3.8) is 0 Å². The second-order valence-electron chi connectivity index (χ2n) is 2.90. The molecule has 0 aliphatic heterocycles. The minimum Gasteiger partial charge on any atom is -0.324 e. The number of hydrogen-bond donors (Lipinski definition) is 2. The van der Waals surface area contributed by atoms with Gasteiger partial charge in [0.25, 0.3) is 0 Å². The third kappa shape index (κ3) is 3.77. The molecular weight excluding hydrogens is 318 g/mol. The number of halogens is 7. The summed E-state index contributed by atoms with van der Waals surface area (Å²) in [6.07, 6.45) is -9.47. The molecule has 0 atom stereocenters. The van der Waals surface area contributed by atoms with Crippen LogP contribution in [0.5, 0.6) is 0 Å². The lowest BCUT2D eigenvalue weighted by Gasteiger charge is -2.14. The van der Waals surface area contributed by atoms with Gasteiger partial charge in [-0.05, 0) is 18.2 Å². The Balaban J connectivity index is 0.00000256. The number of hydrazine groups is 1. The van der Waals surface area contributed by atoms with Crippen LogP contribution in [0.2, 0.25) is 0 Å². The Hall–Kier alpha value is -0.960. The summed E-state index contributed by atoms with van der Waals surface area (Å²) in [6.45, 7) is 0. The maximum Gasteiger partial charge on any atom is 0.418 e. The number of hydrogen-bond acceptors (Lipinski definition) is 2. The first-order valence-corrected chi connectivity index (χ1v) is 3.91. The lowest BCUT2D eigenvalue weighted by Crippen LogP contribution is -2.16. The molecule has 0 aliphatic rings. The SMILES string of the molecule is Br.NNc1cc(C(F)(F)F)ccc1C(F)(F)F. The second kappa shape index (κ2) is 5.13. The van der Waals surface area contributed by atoms with Crippen LogP contribution in [0.3, 0.4) is 0 Å². The van der Waals surface area contributed by atoms with Crippen LogP contribution in [0.1, 0.15) is 11.1 Å². The smallest absolute Gasteiger partial charge is 0.324 e. The summed E-state index contributed by atoms with van der Waals surface area (Å²) in [5.41, 5.74) is -1.67. The molecule has 0 unspecified atom stereocenters. The number of nitrogens with one attached hydrogen (secondary N) is 1. The van der Waals surface area contributed by atoms with E-state index >= 15 is 0 Å². The fourth-order valence-electron chi connectivity index (χ4n) is 1.09. The second-order valence-corrected chi connectivity index (χ2v) is 2.90. The quantitative estimate of drug-likeness (QED) is 0.470. The molecule has 0 spiro atoms. The lowest BCUT2D eigenvalue weighted by molar-refractivity contribution is -0.140. The van der Waals surface area contributed by atoms with Gasteiger partial charge in [-0.1, -0.05) is 0 Å². The van der Waals surface area contributed by atoms with Crippen molar-refractivity contribution in [2.24, 2.45) is 5.84 Å². The average molecular weight is 325 g/mol. The molecule has 3 N–H and O–H groups in total. The van der Waals surface area contributed by atoms with Crippen molar-refractivity contribution >= 4 is 22.7 Å². The van der Waals surface area contributed by atoms with Crippen LogP contribution in [0.25, 0.3) is 0 Å². The van der Waals surface area contributed by atoms with E-state index in [1.54, 1.807) is 5.43 Å². The molecule has 0 aliphatic carbocycles. The van der Waals surface area contributed by atoms with Gasteiger partial charge in [-0.3, -0.25) is 5.84 Å². The van der Waals surface area contributed by atoms with Gasteiger partial charge < -0.3 is 5.43 Å². The molecule has 98 valence electrons. The van der Waals surface area contributed by atoms with E-state index in [0.29, 0.717) is 18.2 Å². The molecule has 0 saturated heterocycles. The Morgan fingerprint density at radius 1 is 0.941 bits per heavy atom. The van der Waals surface area contributed by atoms with Gasteiger partial charge >= 0.3 is 12.4 Å². The van der Waals surface area contributed by atoms with Crippen LogP contribution in [0.15, 0.2) is 18.2 Å². The van der Waals surface area contributed by atoms with Crippen molar-refractivity contribution in [1.29, 1.82) is 0 Å². The van der Waals surface area contributed by atoms with Gasteiger partial charge in [-0.15, -0.1) is 17.0 Å². The molecule has 1 rings (SSSR count). The lowest BCUT2D eigenvalue weighted by atomic mass is 10.1. The molecule has 0 aromatic heterocycles. The van der Waals surface area contributed by atoms with Gasteiger partial charge in [0.2, 0.25) is 0 Å². The first-order valence-electron chi connectivity index (χ1n) is 3.91. The summed E-state index contributed by atoms with van der Waals surface area (Å²) in [5, 5.41) is 0. The van der Waals surface area contributed by atoms with Crippen LogP contribution >= 0.6 is 17.0 Å². The van der Waals surface area contributed by atoms with Gasteiger partial charge in [-0.2, -0.15) is 26.3 Å². The van der Waals surface area contributed by atoms with Gasteiger partial charge in [-0.25, -0.2) is 0 Å². The predicted molar refractivity (Wildman–Crippen MR) is 54.6 cm³/mol. The molecule has 1 aromatic rings. The Morgan fingerprint density at radius 3 is 1.82 bits per heavy atom. The maximum absolute atomic E-state index is 12.3. The summed E-state index contributed by atoms with van der Waals surface area (Å²) in [6, 6.07) is 0.991. The molecule has 0 amide bonds. The number of anilines is 1. The highest BCUT2D eigenvalue weighted by atomic mass is 79.9. The summed E-state index contributed by atoms with van der Waals surface area (Å²) < 4.78 is 73.4. The maximum atomic E-state index is 12.3. The van der Waals surface area contributed by atoms with E-state index in [4.69, 9.17) is 5.84 Å². The van der Waals surface area contributed by atoms with Gasteiger partial charge in [0.1, 0.15) is 0 Å². The summed E-state index contributed by atoms with van der Waals surface area (Å²) in [7, 11) is 0. The topological polar surface area (TPSA) is 38.0 Å². The molecule has 0 radical (unpaired) electrons. The molecule has 0 heterocycles. The number of benzene rings is 1. The van der Waals surface area contributed by atoms with Crippen LogP contribution in [0, 0.1) is 0 Å². The Morgan fingerprint density at radius 2 is 1.47 bits per heavy atom. The normalized spacial score (nSPS) is 11.9. The Labute approximate surface area is 103 Å². The Bertz CT molecular complexity index is 387. The fourth-order valence-corrected chi connectivity index (χ4v) is 1.09. The fraction of sp³-hybridized carbons (Fsp3) is 0.250. The largest absolute Gasteiger partial charge is 0.418 e. The average Bonchev–Trinajstić information content (AvgIpc) is 2.14. The van der Waals surface area contributed by atoms with Crippen molar-refractivity contribution in [2.45, 2.75) is 12.4 Å². The summed E-state index contributed by atoms with van der Waals surface area (Å²) in [5.74, 6) is 4.74. The molecule has 0 fully saturated rings. The first kappa shape index (κ1) is 16.0. The van der Waals surface area contributed by atoms with Crippen LogP contribution < -0.4 is 11.3 Å². The molecule has 17 heavy (non-hydrogen) atoms. The number of nitrogen functional groups attached to an aromatic ring is 1. The highest BCUT2D eigenvalue weighted by Gasteiger charge is 2.36. The summed E-state index contributed by atoms with van der Waals surface area (Å²) in [4.78, 5) is 0. The molecule has 2 nitrogen and oxygen atoms in total. The van der Waals surface area contributed by atoms with Gasteiger partial charge in [0.05, 0.1) is 16.8 Å². The van der Waals surface area contributed by atoms with Crippen LogP contribution in [-0.2, 0) is 12.4 Å². The zero-order chi connectivity index (χ0) is 12.6. The first-order chi connectivity index (χ1) is 7.16. The van der Waals surface area contributed by atoms with E-state index in [2.05, 4.69) is 0 Å². The van der Waals surface area contributed by atoms with Crippen molar-refractivity contribution < 1.29 is 26.3 Å². The third-order valence-corrected chi connectivity index (χ3v) is 1.81. The van der Waals surface area contributed by atoms with Crippen molar-refractivity contribution in [2.75, 3.05) is 5.43 Å². The van der Waals surface area contributed by atoms with Gasteiger partial charge in [0, 0.05) is 0 Å².